The Balaban J connectivity index is 1.03. The van der Waals surface area contributed by atoms with Gasteiger partial charge in [0.15, 0.2) is 0 Å². The fourth-order valence-corrected chi connectivity index (χ4v) is 7.24. The van der Waals surface area contributed by atoms with Crippen LogP contribution in [0.5, 0.6) is 0 Å². The number of nitrogens with zero attached hydrogens (tertiary/aromatic N) is 2. The largest absolute Gasteiger partial charge is 0.376 e. The third-order valence-electron chi connectivity index (χ3n) is 11.2. The molecule has 0 N–H and O–H groups in total. The SMILES string of the molecule is C=Cc1ccc(COCCc2ccc(N(c3ccc(CCc4ccc(N(c5ccc(C=C)cc5)c5ccc(C)c(C)c5)cc4)cc3)c3ccc(C)c(C)c3)cc2)cc1. The van der Waals surface area contributed by atoms with Gasteiger partial charge in [-0.15, -0.1) is 0 Å². The van der Waals surface area contributed by atoms with Gasteiger partial charge in [-0.25, -0.2) is 0 Å². The van der Waals surface area contributed by atoms with Crippen molar-refractivity contribution in [2.75, 3.05) is 16.4 Å². The van der Waals surface area contributed by atoms with Gasteiger partial charge in [0.2, 0.25) is 0 Å². The predicted octanol–water partition coefficient (Wildman–Crippen LogP) is 14.7. The van der Waals surface area contributed by atoms with Crippen LogP contribution >= 0.6 is 0 Å². The van der Waals surface area contributed by atoms with Gasteiger partial charge in [0.25, 0.3) is 0 Å². The van der Waals surface area contributed by atoms with Crippen molar-refractivity contribution in [1.82, 2.24) is 0 Å². The lowest BCUT2D eigenvalue weighted by atomic mass is 10.0. The highest BCUT2D eigenvalue weighted by atomic mass is 16.5. The van der Waals surface area contributed by atoms with E-state index in [0.717, 1.165) is 64.5 Å². The number of benzene rings is 7. The van der Waals surface area contributed by atoms with Crippen molar-refractivity contribution in [3.05, 3.63) is 227 Å². The lowest BCUT2D eigenvalue weighted by Crippen LogP contribution is -2.11. The van der Waals surface area contributed by atoms with Gasteiger partial charge in [-0.1, -0.05) is 110 Å². The Kier molecular flexibility index (Phi) is 12.8. The molecule has 0 saturated heterocycles. The molecule has 3 nitrogen and oxygen atoms in total. The summed E-state index contributed by atoms with van der Waals surface area (Å²) in [5, 5.41) is 0. The van der Waals surface area contributed by atoms with Crippen LogP contribution in [0.4, 0.5) is 34.1 Å². The number of anilines is 6. The van der Waals surface area contributed by atoms with Crippen LogP contribution in [0.15, 0.2) is 171 Å². The van der Waals surface area contributed by atoms with Crippen LogP contribution < -0.4 is 9.80 Å². The Bertz CT molecular complexity index is 2440. The molecule has 0 saturated carbocycles. The fourth-order valence-electron chi connectivity index (χ4n) is 7.24. The van der Waals surface area contributed by atoms with E-state index in [2.05, 4.69) is 208 Å². The van der Waals surface area contributed by atoms with Gasteiger partial charge in [0, 0.05) is 34.1 Å². The third-order valence-corrected chi connectivity index (χ3v) is 11.2. The highest BCUT2D eigenvalue weighted by molar-refractivity contribution is 5.79. The number of ether oxygens (including phenoxy) is 1. The second kappa shape index (κ2) is 18.7. The number of hydrogen-bond donors (Lipinski definition) is 0. The van der Waals surface area contributed by atoms with E-state index >= 15 is 0 Å². The maximum absolute atomic E-state index is 6.02. The molecular weight excluding hydrogens is 705 g/mol. The predicted molar refractivity (Wildman–Crippen MR) is 249 cm³/mol. The minimum absolute atomic E-state index is 0.609. The van der Waals surface area contributed by atoms with E-state index in [1.807, 2.05) is 12.2 Å². The molecule has 58 heavy (non-hydrogen) atoms. The second-order valence-corrected chi connectivity index (χ2v) is 15.3. The summed E-state index contributed by atoms with van der Waals surface area (Å²) in [5.74, 6) is 0. The molecule has 0 heterocycles. The van der Waals surface area contributed by atoms with Crippen molar-refractivity contribution in [3.8, 4) is 0 Å². The molecule has 0 atom stereocenters. The minimum atomic E-state index is 0.609. The molecule has 0 amide bonds. The Morgan fingerprint density at radius 2 is 0.707 bits per heavy atom. The first-order valence-electron chi connectivity index (χ1n) is 20.3. The van der Waals surface area contributed by atoms with Crippen LogP contribution in [0.1, 0.15) is 55.6 Å². The van der Waals surface area contributed by atoms with Crippen molar-refractivity contribution < 1.29 is 4.74 Å². The van der Waals surface area contributed by atoms with Gasteiger partial charge in [-0.05, 0) is 175 Å². The summed E-state index contributed by atoms with van der Waals surface area (Å²) in [6.07, 6.45) is 6.53. The molecule has 7 aromatic carbocycles. The van der Waals surface area contributed by atoms with E-state index in [1.54, 1.807) is 0 Å². The zero-order valence-electron chi connectivity index (χ0n) is 34.4. The highest BCUT2D eigenvalue weighted by Gasteiger charge is 2.15. The summed E-state index contributed by atoms with van der Waals surface area (Å²) in [4.78, 5) is 4.69. The van der Waals surface area contributed by atoms with E-state index in [9.17, 15) is 0 Å². The average molecular weight is 759 g/mol. The first kappa shape index (κ1) is 39.8. The Hall–Kier alpha value is -6.42. The summed E-state index contributed by atoms with van der Waals surface area (Å²) >= 11 is 0. The van der Waals surface area contributed by atoms with Crippen LogP contribution in [0.3, 0.4) is 0 Å². The maximum Gasteiger partial charge on any atom is 0.0717 e. The first-order valence-corrected chi connectivity index (χ1v) is 20.3. The molecule has 7 aromatic rings. The van der Waals surface area contributed by atoms with Crippen molar-refractivity contribution in [2.24, 2.45) is 0 Å². The van der Waals surface area contributed by atoms with Crippen LogP contribution in [-0.4, -0.2) is 6.61 Å². The van der Waals surface area contributed by atoms with Crippen molar-refractivity contribution in [3.63, 3.8) is 0 Å². The second-order valence-electron chi connectivity index (χ2n) is 15.3. The van der Waals surface area contributed by atoms with E-state index < -0.39 is 0 Å². The van der Waals surface area contributed by atoms with Crippen molar-refractivity contribution in [1.29, 1.82) is 0 Å². The van der Waals surface area contributed by atoms with E-state index in [4.69, 9.17) is 4.74 Å². The van der Waals surface area contributed by atoms with E-state index in [-0.39, 0.29) is 0 Å². The normalized spacial score (nSPS) is 11.0. The smallest absolute Gasteiger partial charge is 0.0717 e. The lowest BCUT2D eigenvalue weighted by molar-refractivity contribution is 0.124. The molecule has 0 fully saturated rings. The van der Waals surface area contributed by atoms with Gasteiger partial charge in [-0.2, -0.15) is 0 Å². The summed E-state index contributed by atoms with van der Waals surface area (Å²) in [6, 6.07) is 57.4. The van der Waals surface area contributed by atoms with Gasteiger partial charge in [0.05, 0.1) is 13.2 Å². The Morgan fingerprint density at radius 3 is 1.09 bits per heavy atom. The average Bonchev–Trinajstić information content (AvgIpc) is 3.26. The maximum atomic E-state index is 6.02. The zero-order valence-corrected chi connectivity index (χ0v) is 34.4. The molecule has 0 aromatic heterocycles. The van der Waals surface area contributed by atoms with Gasteiger partial charge in [-0.3, -0.25) is 0 Å². The van der Waals surface area contributed by atoms with Crippen LogP contribution in [0.25, 0.3) is 12.2 Å². The molecular formula is C55H54N2O. The molecule has 7 rings (SSSR count). The molecule has 0 unspecified atom stereocenters. The summed E-state index contributed by atoms with van der Waals surface area (Å²) in [7, 11) is 0. The first-order chi connectivity index (χ1) is 28.3. The Morgan fingerprint density at radius 1 is 0.379 bits per heavy atom. The van der Waals surface area contributed by atoms with Crippen molar-refractivity contribution >= 4 is 46.3 Å². The summed E-state index contributed by atoms with van der Waals surface area (Å²) < 4.78 is 6.02. The molecule has 0 bridgehead atoms. The Labute approximate surface area is 346 Å². The monoisotopic (exact) mass is 758 g/mol. The molecule has 0 radical (unpaired) electrons. The number of aryl methyl sites for hydroxylation is 6. The standard InChI is InChI=1S/C55H54N2O/c1-7-44-11-15-49(16-12-44)39-58-36-35-48-23-33-53(34-24-48)57(55-26-10-41(4)43(6)38-55)52-31-21-47(22-32-52)14-13-46-19-29-51(30-20-46)56(50-27-17-45(8-2)18-28-50)54-25-9-40(3)42(5)37-54/h7-12,15-34,37-38H,1-2,13-14,35-36,39H2,3-6H3. The molecule has 0 aliphatic heterocycles. The quantitative estimate of drug-likeness (QED) is 0.0913. The minimum Gasteiger partial charge on any atom is -0.376 e. The van der Waals surface area contributed by atoms with Gasteiger partial charge >= 0.3 is 0 Å². The number of rotatable bonds is 16. The third kappa shape index (κ3) is 9.74. The lowest BCUT2D eigenvalue weighted by Gasteiger charge is -2.27. The molecule has 0 spiro atoms. The van der Waals surface area contributed by atoms with Crippen LogP contribution in [0.2, 0.25) is 0 Å². The van der Waals surface area contributed by atoms with E-state index in [0.29, 0.717) is 13.2 Å². The molecule has 3 heteroatoms. The summed E-state index contributed by atoms with van der Waals surface area (Å²) in [5.41, 5.74) is 19.3. The van der Waals surface area contributed by atoms with E-state index in [1.165, 1.54) is 44.5 Å². The van der Waals surface area contributed by atoms with Crippen molar-refractivity contribution in [2.45, 2.75) is 53.6 Å². The van der Waals surface area contributed by atoms with Gasteiger partial charge < -0.3 is 14.5 Å². The van der Waals surface area contributed by atoms with Gasteiger partial charge in [0.1, 0.15) is 0 Å². The highest BCUT2D eigenvalue weighted by Crippen LogP contribution is 2.37. The molecule has 0 aliphatic carbocycles. The van der Waals surface area contributed by atoms with Crippen LogP contribution in [-0.2, 0) is 30.6 Å². The molecule has 0 aliphatic rings. The topological polar surface area (TPSA) is 15.7 Å². The molecule has 290 valence electrons. The zero-order chi connectivity index (χ0) is 40.4. The van der Waals surface area contributed by atoms with Crippen LogP contribution in [0, 0.1) is 27.7 Å². The number of hydrogen-bond acceptors (Lipinski definition) is 3. The fraction of sp³-hybridized carbons (Fsp3) is 0.164. The summed E-state index contributed by atoms with van der Waals surface area (Å²) in [6.45, 7) is 17.7.